The van der Waals surface area contributed by atoms with Crippen LogP contribution in [0.4, 0.5) is 0 Å². The van der Waals surface area contributed by atoms with Gasteiger partial charge in [0.2, 0.25) is 0 Å². The molecule has 0 atom stereocenters. The first kappa shape index (κ1) is 9.36. The largest absolute Gasteiger partial charge is 0.348 e. The second-order valence-corrected chi connectivity index (χ2v) is 4.30. The van der Waals surface area contributed by atoms with Crippen molar-refractivity contribution in [2.45, 2.75) is 20.0 Å². The van der Waals surface area contributed by atoms with Crippen LogP contribution in [0.5, 0.6) is 0 Å². The Bertz CT molecular complexity index is 379. The van der Waals surface area contributed by atoms with Crippen molar-refractivity contribution in [3.05, 3.63) is 34.3 Å². The number of nitrogens with zero attached hydrogens (tertiary/aromatic N) is 2. The highest BCUT2D eigenvalue weighted by molar-refractivity contribution is 7.11. The van der Waals surface area contributed by atoms with Crippen LogP contribution in [0.15, 0.2) is 18.6 Å². The van der Waals surface area contributed by atoms with Gasteiger partial charge in [0.25, 0.3) is 0 Å². The van der Waals surface area contributed by atoms with Gasteiger partial charge in [0.15, 0.2) is 0 Å². The highest BCUT2D eigenvalue weighted by Crippen LogP contribution is 2.10. The third-order valence-electron chi connectivity index (χ3n) is 1.82. The lowest BCUT2D eigenvalue weighted by atomic mass is 10.5. The van der Waals surface area contributed by atoms with Gasteiger partial charge in [-0.15, -0.1) is 11.3 Å². The van der Waals surface area contributed by atoms with Crippen LogP contribution in [0, 0.1) is 6.92 Å². The zero-order valence-corrected chi connectivity index (χ0v) is 8.77. The molecule has 0 saturated heterocycles. The van der Waals surface area contributed by atoms with Crippen molar-refractivity contribution < 1.29 is 0 Å². The molecule has 74 valence electrons. The normalized spacial score (nSPS) is 10.6. The maximum absolute atomic E-state index is 4.19. The first-order chi connectivity index (χ1) is 6.84. The van der Waals surface area contributed by atoms with E-state index < -0.39 is 0 Å². The molecule has 2 rings (SSSR count). The number of H-pyrrole nitrogens is 1. The molecule has 0 fully saturated rings. The van der Waals surface area contributed by atoms with Gasteiger partial charge in [-0.05, 0) is 6.92 Å². The third kappa shape index (κ3) is 2.40. The fourth-order valence-electron chi connectivity index (χ4n) is 1.19. The van der Waals surface area contributed by atoms with Gasteiger partial charge in [0.1, 0.15) is 5.82 Å². The molecule has 0 unspecified atom stereocenters. The number of thiazole rings is 1. The van der Waals surface area contributed by atoms with Gasteiger partial charge in [0.05, 0.1) is 11.6 Å². The molecule has 0 aliphatic heterocycles. The lowest BCUT2D eigenvalue weighted by Gasteiger charge is -1.98. The zero-order chi connectivity index (χ0) is 9.80. The van der Waals surface area contributed by atoms with Crippen LogP contribution in [0.1, 0.15) is 15.7 Å². The smallest absolute Gasteiger partial charge is 0.120 e. The van der Waals surface area contributed by atoms with Gasteiger partial charge >= 0.3 is 0 Å². The minimum absolute atomic E-state index is 0.768. The predicted molar refractivity (Wildman–Crippen MR) is 56.0 cm³/mol. The fraction of sp³-hybridized carbons (Fsp3) is 0.333. The van der Waals surface area contributed by atoms with Crippen molar-refractivity contribution in [1.29, 1.82) is 0 Å². The van der Waals surface area contributed by atoms with Gasteiger partial charge in [-0.25, -0.2) is 9.97 Å². The summed E-state index contributed by atoms with van der Waals surface area (Å²) in [5.41, 5.74) is 0. The predicted octanol–water partition coefficient (Wildman–Crippen LogP) is 1.46. The number of hydrogen-bond donors (Lipinski definition) is 2. The summed E-state index contributed by atoms with van der Waals surface area (Å²) in [6.07, 6.45) is 5.50. The van der Waals surface area contributed by atoms with Crippen LogP contribution in [-0.4, -0.2) is 15.0 Å². The van der Waals surface area contributed by atoms with E-state index >= 15 is 0 Å². The lowest BCUT2D eigenvalue weighted by molar-refractivity contribution is 0.674. The molecule has 2 N–H and O–H groups in total. The fourth-order valence-corrected chi connectivity index (χ4v) is 1.95. The lowest BCUT2D eigenvalue weighted by Crippen LogP contribution is -2.12. The Labute approximate surface area is 86.4 Å². The molecule has 0 aliphatic carbocycles. The first-order valence-electron chi connectivity index (χ1n) is 4.45. The standard InChI is InChI=1S/C9H12N4S/c1-7-13-5-8(14-7)4-10-6-9-11-2-3-12-9/h2-3,5,10H,4,6H2,1H3,(H,11,12). The summed E-state index contributed by atoms with van der Waals surface area (Å²) < 4.78 is 0. The maximum Gasteiger partial charge on any atom is 0.120 e. The van der Waals surface area contributed by atoms with E-state index in [2.05, 4.69) is 20.3 Å². The minimum atomic E-state index is 0.768. The van der Waals surface area contributed by atoms with E-state index in [9.17, 15) is 0 Å². The topological polar surface area (TPSA) is 53.6 Å². The molecular weight excluding hydrogens is 196 g/mol. The third-order valence-corrected chi connectivity index (χ3v) is 2.73. The van der Waals surface area contributed by atoms with Crippen molar-refractivity contribution in [3.63, 3.8) is 0 Å². The molecule has 4 nitrogen and oxygen atoms in total. The van der Waals surface area contributed by atoms with Crippen LogP contribution in [0.2, 0.25) is 0 Å². The molecule has 2 heterocycles. The zero-order valence-electron chi connectivity index (χ0n) is 7.95. The Morgan fingerprint density at radius 2 is 2.36 bits per heavy atom. The molecular formula is C9H12N4S. The summed E-state index contributed by atoms with van der Waals surface area (Å²) in [7, 11) is 0. The molecule has 0 aromatic carbocycles. The van der Waals surface area contributed by atoms with E-state index in [0.717, 1.165) is 23.9 Å². The summed E-state index contributed by atoms with van der Waals surface area (Å²) in [6.45, 7) is 3.64. The quantitative estimate of drug-likeness (QED) is 0.800. The second-order valence-electron chi connectivity index (χ2n) is 2.99. The highest BCUT2D eigenvalue weighted by atomic mass is 32.1. The maximum atomic E-state index is 4.19. The summed E-state index contributed by atoms with van der Waals surface area (Å²) in [6, 6.07) is 0. The van der Waals surface area contributed by atoms with E-state index in [1.807, 2.05) is 19.3 Å². The molecule has 5 heteroatoms. The Hall–Kier alpha value is -1.20. The van der Waals surface area contributed by atoms with Crippen LogP contribution >= 0.6 is 11.3 Å². The Kier molecular flexibility index (Phi) is 2.90. The summed E-state index contributed by atoms with van der Waals surface area (Å²) in [5, 5.41) is 4.40. The van der Waals surface area contributed by atoms with Gasteiger partial charge in [0, 0.05) is 30.0 Å². The van der Waals surface area contributed by atoms with Crippen molar-refractivity contribution in [2.75, 3.05) is 0 Å². The molecule has 14 heavy (non-hydrogen) atoms. The average molecular weight is 208 g/mol. The van der Waals surface area contributed by atoms with Crippen LogP contribution in [-0.2, 0) is 13.1 Å². The van der Waals surface area contributed by atoms with Crippen LogP contribution in [0.25, 0.3) is 0 Å². The van der Waals surface area contributed by atoms with E-state index in [1.54, 1.807) is 17.5 Å². The molecule has 0 amide bonds. The van der Waals surface area contributed by atoms with E-state index in [4.69, 9.17) is 0 Å². The van der Waals surface area contributed by atoms with Crippen LogP contribution < -0.4 is 5.32 Å². The molecule has 0 aliphatic rings. The van der Waals surface area contributed by atoms with E-state index in [0.29, 0.717) is 0 Å². The van der Waals surface area contributed by atoms with Crippen molar-refractivity contribution in [1.82, 2.24) is 20.3 Å². The molecule has 0 bridgehead atoms. The number of aromatic amines is 1. The number of aromatic nitrogens is 3. The number of hydrogen-bond acceptors (Lipinski definition) is 4. The van der Waals surface area contributed by atoms with Gasteiger partial charge in [-0.1, -0.05) is 0 Å². The van der Waals surface area contributed by atoms with Crippen LogP contribution in [0.3, 0.4) is 0 Å². The molecule has 0 saturated carbocycles. The summed E-state index contributed by atoms with van der Waals surface area (Å²) >= 11 is 1.72. The highest BCUT2D eigenvalue weighted by Gasteiger charge is 1.98. The Morgan fingerprint density at radius 1 is 1.43 bits per heavy atom. The first-order valence-corrected chi connectivity index (χ1v) is 5.26. The molecule has 0 radical (unpaired) electrons. The monoisotopic (exact) mass is 208 g/mol. The van der Waals surface area contributed by atoms with E-state index in [-0.39, 0.29) is 0 Å². The van der Waals surface area contributed by atoms with Gasteiger partial charge in [-0.2, -0.15) is 0 Å². The number of imidazole rings is 1. The van der Waals surface area contributed by atoms with Crippen molar-refractivity contribution in [2.24, 2.45) is 0 Å². The van der Waals surface area contributed by atoms with Gasteiger partial charge in [-0.3, -0.25) is 0 Å². The Balaban J connectivity index is 1.78. The summed E-state index contributed by atoms with van der Waals surface area (Å²) in [4.78, 5) is 12.6. The minimum Gasteiger partial charge on any atom is -0.348 e. The number of aryl methyl sites for hydroxylation is 1. The molecule has 2 aromatic heterocycles. The second kappa shape index (κ2) is 4.34. The number of nitrogens with one attached hydrogen (secondary N) is 2. The summed E-state index contributed by atoms with van der Waals surface area (Å²) in [5.74, 6) is 0.964. The Morgan fingerprint density at radius 3 is 3.00 bits per heavy atom. The average Bonchev–Trinajstić information content (AvgIpc) is 2.77. The van der Waals surface area contributed by atoms with Gasteiger partial charge < -0.3 is 10.3 Å². The molecule has 2 aromatic rings. The van der Waals surface area contributed by atoms with Crippen molar-refractivity contribution in [3.8, 4) is 0 Å². The van der Waals surface area contributed by atoms with Crippen molar-refractivity contribution >= 4 is 11.3 Å². The van der Waals surface area contributed by atoms with E-state index in [1.165, 1.54) is 4.88 Å². The SMILES string of the molecule is Cc1ncc(CNCc2ncc[nH]2)s1. The molecule has 0 spiro atoms. The number of rotatable bonds is 4.